The third kappa shape index (κ3) is 5.44. The maximum atomic E-state index is 12.7. The minimum Gasteiger partial charge on any atom is -0.368 e. The molecule has 4 rings (SSSR count). The van der Waals surface area contributed by atoms with Gasteiger partial charge in [0, 0.05) is 45.2 Å². The third-order valence-corrected chi connectivity index (χ3v) is 6.20. The van der Waals surface area contributed by atoms with Gasteiger partial charge in [-0.25, -0.2) is 4.79 Å². The molecule has 0 radical (unpaired) electrons. The van der Waals surface area contributed by atoms with Crippen LogP contribution in [0.4, 0.5) is 4.79 Å². The zero-order chi connectivity index (χ0) is 21.5. The first-order chi connectivity index (χ1) is 15.2. The number of ether oxygens (including phenoxy) is 1. The van der Waals surface area contributed by atoms with Crippen LogP contribution in [-0.4, -0.2) is 67.2 Å². The number of hydrogen-bond donors (Lipinski definition) is 1. The summed E-state index contributed by atoms with van der Waals surface area (Å²) in [5.41, 5.74) is 2.51. The average molecular weight is 422 g/mol. The highest BCUT2D eigenvalue weighted by atomic mass is 16.5. The van der Waals surface area contributed by atoms with Crippen molar-refractivity contribution in [2.45, 2.75) is 31.3 Å². The number of carbonyl (C=O) groups is 2. The molecular formula is C25H31N3O3. The molecule has 2 aromatic rings. The fourth-order valence-electron chi connectivity index (χ4n) is 4.44. The minimum atomic E-state index is -0.284. The van der Waals surface area contributed by atoms with Crippen LogP contribution < -0.4 is 5.32 Å². The molecule has 2 aromatic carbocycles. The lowest BCUT2D eigenvalue weighted by Gasteiger charge is -2.35. The Morgan fingerprint density at radius 1 is 0.903 bits per heavy atom. The molecule has 2 aliphatic heterocycles. The smallest absolute Gasteiger partial charge is 0.317 e. The van der Waals surface area contributed by atoms with Crippen LogP contribution in [0.5, 0.6) is 0 Å². The van der Waals surface area contributed by atoms with Crippen molar-refractivity contribution in [3.63, 3.8) is 0 Å². The Kier molecular flexibility index (Phi) is 7.20. The Morgan fingerprint density at radius 3 is 2.03 bits per heavy atom. The number of hydrogen-bond acceptors (Lipinski definition) is 3. The van der Waals surface area contributed by atoms with Crippen molar-refractivity contribution in [2.75, 3.05) is 39.3 Å². The van der Waals surface area contributed by atoms with Gasteiger partial charge in [-0.1, -0.05) is 60.7 Å². The van der Waals surface area contributed by atoms with Crippen molar-refractivity contribution in [3.05, 3.63) is 71.8 Å². The quantitative estimate of drug-likeness (QED) is 0.779. The number of amides is 3. The molecule has 2 heterocycles. The molecule has 2 aliphatic rings. The molecule has 0 saturated carbocycles. The summed E-state index contributed by atoms with van der Waals surface area (Å²) in [4.78, 5) is 28.8. The number of urea groups is 1. The maximum absolute atomic E-state index is 12.7. The van der Waals surface area contributed by atoms with Crippen LogP contribution in [0, 0.1) is 0 Å². The second-order valence-electron chi connectivity index (χ2n) is 8.21. The van der Waals surface area contributed by atoms with Gasteiger partial charge in [-0.05, 0) is 30.4 Å². The topological polar surface area (TPSA) is 61.9 Å². The van der Waals surface area contributed by atoms with Crippen LogP contribution >= 0.6 is 0 Å². The van der Waals surface area contributed by atoms with Crippen LogP contribution in [0.2, 0.25) is 0 Å². The first kappa shape index (κ1) is 21.4. The molecule has 164 valence electrons. The van der Waals surface area contributed by atoms with E-state index in [1.807, 2.05) is 17.0 Å². The van der Waals surface area contributed by atoms with Crippen LogP contribution in [-0.2, 0) is 9.53 Å². The fourth-order valence-corrected chi connectivity index (χ4v) is 4.44. The SMILES string of the molecule is O=C(NCCC(c1ccccc1)c1ccccc1)N1CCN(C(=O)[C@H]2CCCO2)CC1. The van der Waals surface area contributed by atoms with Crippen molar-refractivity contribution in [1.82, 2.24) is 15.1 Å². The van der Waals surface area contributed by atoms with Gasteiger partial charge >= 0.3 is 6.03 Å². The second-order valence-corrected chi connectivity index (χ2v) is 8.21. The summed E-state index contributed by atoms with van der Waals surface area (Å²) in [5, 5.41) is 3.08. The lowest BCUT2D eigenvalue weighted by Crippen LogP contribution is -2.54. The normalized spacial score (nSPS) is 18.9. The van der Waals surface area contributed by atoms with E-state index < -0.39 is 0 Å². The maximum Gasteiger partial charge on any atom is 0.317 e. The van der Waals surface area contributed by atoms with Gasteiger partial charge in [-0.3, -0.25) is 4.79 Å². The molecule has 1 atom stereocenters. The van der Waals surface area contributed by atoms with Gasteiger partial charge in [-0.15, -0.1) is 0 Å². The average Bonchev–Trinajstić information content (AvgIpc) is 3.37. The number of benzene rings is 2. The van der Waals surface area contributed by atoms with Crippen LogP contribution in [0.25, 0.3) is 0 Å². The molecule has 0 bridgehead atoms. The number of rotatable bonds is 6. The number of carbonyl (C=O) groups excluding carboxylic acids is 2. The van der Waals surface area contributed by atoms with Gasteiger partial charge < -0.3 is 19.9 Å². The Hall–Kier alpha value is -2.86. The van der Waals surface area contributed by atoms with Gasteiger partial charge in [0.1, 0.15) is 6.10 Å². The Morgan fingerprint density at radius 2 is 1.48 bits per heavy atom. The second kappa shape index (κ2) is 10.4. The van der Waals surface area contributed by atoms with Crippen molar-refractivity contribution in [2.24, 2.45) is 0 Å². The highest BCUT2D eigenvalue weighted by molar-refractivity contribution is 5.81. The Balaban J connectivity index is 1.27. The first-order valence-electron chi connectivity index (χ1n) is 11.3. The zero-order valence-corrected chi connectivity index (χ0v) is 17.9. The summed E-state index contributed by atoms with van der Waals surface area (Å²) < 4.78 is 5.51. The molecule has 0 unspecified atom stereocenters. The van der Waals surface area contributed by atoms with Crippen molar-refractivity contribution in [3.8, 4) is 0 Å². The molecule has 6 heteroatoms. The monoisotopic (exact) mass is 421 g/mol. The fraction of sp³-hybridized carbons (Fsp3) is 0.440. The standard InChI is InChI=1S/C25H31N3O3/c29-24(23-12-7-19-31-23)27-15-17-28(18-16-27)25(30)26-14-13-22(20-8-3-1-4-9-20)21-10-5-2-6-11-21/h1-6,8-11,22-23H,7,12-19H2,(H,26,30)/t23-/m1/s1. The molecule has 31 heavy (non-hydrogen) atoms. The number of nitrogens with one attached hydrogen (secondary N) is 1. The van der Waals surface area contributed by atoms with E-state index in [-0.39, 0.29) is 24.0 Å². The van der Waals surface area contributed by atoms with Crippen LogP contribution in [0.1, 0.15) is 36.3 Å². The predicted octanol–water partition coefficient (Wildman–Crippen LogP) is 3.24. The predicted molar refractivity (Wildman–Crippen MR) is 120 cm³/mol. The molecule has 1 N–H and O–H groups in total. The van der Waals surface area contributed by atoms with Crippen LogP contribution in [0.15, 0.2) is 60.7 Å². The molecular weight excluding hydrogens is 390 g/mol. The summed E-state index contributed by atoms with van der Waals surface area (Å²) in [7, 11) is 0. The van der Waals surface area contributed by atoms with E-state index in [2.05, 4.69) is 53.8 Å². The van der Waals surface area contributed by atoms with E-state index in [0.29, 0.717) is 39.3 Å². The van der Waals surface area contributed by atoms with Gasteiger partial charge in [0.05, 0.1) is 0 Å². The highest BCUT2D eigenvalue weighted by Crippen LogP contribution is 2.27. The minimum absolute atomic E-state index is 0.0518. The van der Waals surface area contributed by atoms with E-state index in [1.54, 1.807) is 4.90 Å². The summed E-state index contributed by atoms with van der Waals surface area (Å²) in [6.45, 7) is 3.54. The summed E-state index contributed by atoms with van der Waals surface area (Å²) in [5.74, 6) is 0.315. The number of piperazine rings is 1. The van der Waals surface area contributed by atoms with Crippen molar-refractivity contribution in [1.29, 1.82) is 0 Å². The van der Waals surface area contributed by atoms with E-state index in [4.69, 9.17) is 4.74 Å². The first-order valence-corrected chi connectivity index (χ1v) is 11.3. The summed E-state index contributed by atoms with van der Waals surface area (Å²) in [6, 6.07) is 20.8. The lowest BCUT2D eigenvalue weighted by atomic mass is 9.88. The highest BCUT2D eigenvalue weighted by Gasteiger charge is 2.31. The lowest BCUT2D eigenvalue weighted by molar-refractivity contribution is -0.142. The molecule has 6 nitrogen and oxygen atoms in total. The largest absolute Gasteiger partial charge is 0.368 e. The van der Waals surface area contributed by atoms with Crippen LogP contribution in [0.3, 0.4) is 0 Å². The molecule has 0 aliphatic carbocycles. The molecule has 3 amide bonds. The third-order valence-electron chi connectivity index (χ3n) is 6.20. The van der Waals surface area contributed by atoms with Gasteiger partial charge in [0.25, 0.3) is 5.91 Å². The number of nitrogens with zero attached hydrogens (tertiary/aromatic N) is 2. The van der Waals surface area contributed by atoms with E-state index in [1.165, 1.54) is 11.1 Å². The van der Waals surface area contributed by atoms with E-state index in [0.717, 1.165) is 19.3 Å². The molecule has 0 aromatic heterocycles. The van der Waals surface area contributed by atoms with E-state index in [9.17, 15) is 9.59 Å². The molecule has 2 saturated heterocycles. The van der Waals surface area contributed by atoms with Crippen molar-refractivity contribution >= 4 is 11.9 Å². The summed E-state index contributed by atoms with van der Waals surface area (Å²) in [6.07, 6.45) is 2.31. The Bertz CT molecular complexity index is 805. The van der Waals surface area contributed by atoms with Gasteiger partial charge in [0.2, 0.25) is 0 Å². The van der Waals surface area contributed by atoms with E-state index >= 15 is 0 Å². The van der Waals surface area contributed by atoms with Gasteiger partial charge in [-0.2, -0.15) is 0 Å². The zero-order valence-electron chi connectivity index (χ0n) is 17.9. The molecule has 2 fully saturated rings. The Labute approximate surface area is 184 Å². The van der Waals surface area contributed by atoms with Gasteiger partial charge in [0.15, 0.2) is 0 Å². The van der Waals surface area contributed by atoms with Crippen molar-refractivity contribution < 1.29 is 14.3 Å². The summed E-state index contributed by atoms with van der Waals surface area (Å²) >= 11 is 0. The molecule has 0 spiro atoms.